The molecule has 0 atom stereocenters. The number of benzene rings is 4. The van der Waals surface area contributed by atoms with Crippen molar-refractivity contribution in [3.05, 3.63) is 97.1 Å². The van der Waals surface area contributed by atoms with Crippen molar-refractivity contribution < 1.29 is 16.8 Å². The molecule has 33 heavy (non-hydrogen) atoms. The Morgan fingerprint density at radius 1 is 0.424 bits per heavy atom. The summed E-state index contributed by atoms with van der Waals surface area (Å²) < 4.78 is 45.5. The first kappa shape index (κ1) is 23.9. The van der Waals surface area contributed by atoms with Crippen molar-refractivity contribution in [2.45, 2.75) is 19.6 Å². The van der Waals surface area contributed by atoms with Crippen LogP contribution in [0.25, 0.3) is 22.3 Å². The topological polar surface area (TPSA) is 68.3 Å². The van der Waals surface area contributed by atoms with Gasteiger partial charge in [-0.15, -0.1) is 0 Å². The molecule has 4 aromatic rings. The molecule has 4 rings (SSSR count). The number of hydrogen-bond donors (Lipinski definition) is 0. The maximum atomic E-state index is 11.4. The van der Waals surface area contributed by atoms with Crippen LogP contribution in [0.5, 0.6) is 0 Å². The minimum atomic E-state index is -3.73. The van der Waals surface area contributed by atoms with Crippen LogP contribution in [0.2, 0.25) is 0 Å². The van der Waals surface area contributed by atoms with Crippen LogP contribution in [0.3, 0.4) is 0 Å². The molecule has 0 saturated heterocycles. The molecule has 168 valence electrons. The molecule has 0 heterocycles. The summed E-state index contributed by atoms with van der Waals surface area (Å²) >= 11 is 1.61. The smallest absolute Gasteiger partial charge is 0.207 e. The molecule has 0 unspecified atom stereocenters. The van der Waals surface area contributed by atoms with Crippen molar-refractivity contribution in [2.24, 2.45) is 0 Å². The first-order chi connectivity index (χ1) is 15.6. The zero-order valence-corrected chi connectivity index (χ0v) is 20.8. The van der Waals surface area contributed by atoms with Crippen LogP contribution in [0, 0.1) is 0 Å². The van der Waals surface area contributed by atoms with E-state index in [4.69, 9.17) is 21.4 Å². The Bertz CT molecular complexity index is 1360. The zero-order chi connectivity index (χ0) is 23.6. The Hall–Kier alpha value is -2.29. The van der Waals surface area contributed by atoms with Crippen LogP contribution in [0.1, 0.15) is 0 Å². The second kappa shape index (κ2) is 9.52. The largest absolute Gasteiger partial charge is 0.261 e. The van der Waals surface area contributed by atoms with Crippen molar-refractivity contribution in [3.8, 4) is 22.3 Å². The lowest BCUT2D eigenvalue weighted by Crippen LogP contribution is -1.89. The third-order valence-corrected chi connectivity index (χ3v) is 8.64. The van der Waals surface area contributed by atoms with E-state index in [1.807, 2.05) is 48.5 Å². The quantitative estimate of drug-likeness (QED) is 0.248. The summed E-state index contributed by atoms with van der Waals surface area (Å²) in [5.41, 5.74) is 3.73. The Morgan fingerprint density at radius 2 is 0.667 bits per heavy atom. The first-order valence-corrected chi connectivity index (χ1v) is 15.0. The van der Waals surface area contributed by atoms with E-state index in [0.29, 0.717) is 0 Å². The fraction of sp³-hybridized carbons (Fsp3) is 0. The normalized spacial score (nSPS) is 11.9. The highest BCUT2D eigenvalue weighted by Crippen LogP contribution is 2.32. The molecular weight excluding hydrogens is 519 g/mol. The van der Waals surface area contributed by atoms with Gasteiger partial charge in [-0.1, -0.05) is 60.3 Å². The van der Waals surface area contributed by atoms with E-state index in [2.05, 4.69) is 0 Å². The van der Waals surface area contributed by atoms with E-state index in [0.717, 1.165) is 32.0 Å². The summed E-state index contributed by atoms with van der Waals surface area (Å²) in [6, 6.07) is 28.8. The second-order valence-corrected chi connectivity index (χ2v) is 13.4. The average molecular weight is 535 g/mol. The molecule has 0 radical (unpaired) electrons. The first-order valence-electron chi connectivity index (χ1n) is 9.58. The number of rotatable bonds is 6. The van der Waals surface area contributed by atoms with Crippen LogP contribution < -0.4 is 0 Å². The molecule has 0 aliphatic carbocycles. The highest BCUT2D eigenvalue weighted by atomic mass is 35.7. The minimum absolute atomic E-state index is 0.0727. The molecule has 0 spiro atoms. The Labute approximate surface area is 206 Å². The van der Waals surface area contributed by atoms with Crippen molar-refractivity contribution >= 4 is 51.2 Å². The minimum Gasteiger partial charge on any atom is -0.207 e. The van der Waals surface area contributed by atoms with Crippen LogP contribution in [0.4, 0.5) is 0 Å². The second-order valence-electron chi connectivity index (χ2n) is 7.08. The molecule has 0 N–H and O–H groups in total. The predicted octanol–water partition coefficient (Wildman–Crippen LogP) is 7.03. The SMILES string of the molecule is O=S(=O)(Cl)c1ccc(-c2ccc(Sc3ccc(-c4ccc(S(=O)(=O)Cl)cc4)cc3)cc2)cc1. The van der Waals surface area contributed by atoms with Gasteiger partial charge in [-0.05, 0) is 70.8 Å². The average Bonchev–Trinajstić information content (AvgIpc) is 2.79. The Balaban J connectivity index is 1.45. The third-order valence-electron chi connectivity index (χ3n) is 4.88. The van der Waals surface area contributed by atoms with Gasteiger partial charge in [0.2, 0.25) is 0 Å². The molecule has 0 saturated carbocycles. The molecule has 0 amide bonds. The number of halogens is 2. The zero-order valence-electron chi connectivity index (χ0n) is 16.9. The highest BCUT2D eigenvalue weighted by molar-refractivity contribution is 8.14. The van der Waals surface area contributed by atoms with Crippen molar-refractivity contribution in [1.29, 1.82) is 0 Å². The molecule has 9 heteroatoms. The van der Waals surface area contributed by atoms with Gasteiger partial charge in [0.15, 0.2) is 0 Å². The summed E-state index contributed by atoms with van der Waals surface area (Å²) in [6.07, 6.45) is 0. The fourth-order valence-electron chi connectivity index (χ4n) is 3.19. The van der Waals surface area contributed by atoms with Crippen LogP contribution in [0.15, 0.2) is 117 Å². The van der Waals surface area contributed by atoms with Gasteiger partial charge in [-0.25, -0.2) is 16.8 Å². The van der Waals surface area contributed by atoms with Crippen LogP contribution in [-0.4, -0.2) is 16.8 Å². The molecule has 0 bridgehead atoms. The Morgan fingerprint density at radius 3 is 0.909 bits per heavy atom. The van der Waals surface area contributed by atoms with Crippen LogP contribution in [-0.2, 0) is 18.1 Å². The molecular formula is C24H16Cl2O4S3. The monoisotopic (exact) mass is 534 g/mol. The van der Waals surface area contributed by atoms with Crippen molar-refractivity contribution in [2.75, 3.05) is 0 Å². The lowest BCUT2D eigenvalue weighted by Gasteiger charge is -2.07. The van der Waals surface area contributed by atoms with E-state index in [-0.39, 0.29) is 9.79 Å². The van der Waals surface area contributed by atoms with Crippen molar-refractivity contribution in [3.63, 3.8) is 0 Å². The fourth-order valence-corrected chi connectivity index (χ4v) is 5.54. The lowest BCUT2D eigenvalue weighted by atomic mass is 10.1. The molecule has 0 aliphatic heterocycles. The van der Waals surface area contributed by atoms with Gasteiger partial charge >= 0.3 is 0 Å². The summed E-state index contributed by atoms with van der Waals surface area (Å²) in [5, 5.41) is 0. The number of hydrogen-bond acceptors (Lipinski definition) is 5. The van der Waals surface area contributed by atoms with E-state index >= 15 is 0 Å². The molecule has 0 aromatic heterocycles. The van der Waals surface area contributed by atoms with Gasteiger partial charge in [0.05, 0.1) is 9.79 Å². The molecule has 0 fully saturated rings. The Kier molecular flexibility index (Phi) is 6.88. The van der Waals surface area contributed by atoms with E-state index in [1.54, 1.807) is 36.0 Å². The molecule has 0 aliphatic rings. The maximum Gasteiger partial charge on any atom is 0.261 e. The van der Waals surface area contributed by atoms with Gasteiger partial charge in [-0.3, -0.25) is 0 Å². The molecule has 4 aromatic carbocycles. The van der Waals surface area contributed by atoms with Gasteiger partial charge in [0.1, 0.15) is 0 Å². The van der Waals surface area contributed by atoms with Gasteiger partial charge in [0.25, 0.3) is 18.1 Å². The van der Waals surface area contributed by atoms with E-state index in [9.17, 15) is 16.8 Å². The summed E-state index contributed by atoms with van der Waals surface area (Å²) in [4.78, 5) is 2.26. The summed E-state index contributed by atoms with van der Waals surface area (Å²) in [5.74, 6) is 0. The van der Waals surface area contributed by atoms with Crippen LogP contribution >= 0.6 is 33.1 Å². The predicted molar refractivity (Wildman–Crippen MR) is 134 cm³/mol. The van der Waals surface area contributed by atoms with Gasteiger partial charge in [0, 0.05) is 31.2 Å². The highest BCUT2D eigenvalue weighted by Gasteiger charge is 2.11. The van der Waals surface area contributed by atoms with Gasteiger partial charge < -0.3 is 0 Å². The van der Waals surface area contributed by atoms with Crippen molar-refractivity contribution in [1.82, 2.24) is 0 Å². The van der Waals surface area contributed by atoms with E-state index < -0.39 is 18.1 Å². The summed E-state index contributed by atoms with van der Waals surface area (Å²) in [7, 11) is 3.26. The maximum absolute atomic E-state index is 11.4. The standard InChI is InChI=1S/C24H16Cl2O4S3/c25-32(27,28)23-13-5-19(6-14-23)17-1-9-21(10-2-17)31-22-11-3-18(4-12-22)20-7-15-24(16-8-20)33(26,29)30/h1-16H. The van der Waals surface area contributed by atoms with Gasteiger partial charge in [-0.2, -0.15) is 0 Å². The van der Waals surface area contributed by atoms with E-state index in [1.165, 1.54) is 24.3 Å². The summed E-state index contributed by atoms with van der Waals surface area (Å²) in [6.45, 7) is 0. The molecule has 4 nitrogen and oxygen atoms in total. The third kappa shape index (κ3) is 5.99. The lowest BCUT2D eigenvalue weighted by molar-refractivity contribution is 0.608.